The van der Waals surface area contributed by atoms with E-state index in [1.54, 1.807) is 10.6 Å². The van der Waals surface area contributed by atoms with Crippen LogP contribution in [0, 0.1) is 12.8 Å². The van der Waals surface area contributed by atoms with Gasteiger partial charge in [-0.1, -0.05) is 56.8 Å². The minimum atomic E-state index is -0.488. The van der Waals surface area contributed by atoms with E-state index < -0.39 is 5.91 Å². The van der Waals surface area contributed by atoms with Crippen LogP contribution in [0.25, 0.3) is 10.9 Å². The maximum absolute atomic E-state index is 12.3. The lowest BCUT2D eigenvalue weighted by Crippen LogP contribution is -2.35. The van der Waals surface area contributed by atoms with E-state index in [0.717, 1.165) is 16.9 Å². The third kappa shape index (κ3) is 12.7. The third-order valence-electron chi connectivity index (χ3n) is 6.24. The highest BCUT2D eigenvalue weighted by Gasteiger charge is 2.13. The second kappa shape index (κ2) is 19.8. The average Bonchev–Trinajstić information content (AvgIpc) is 2.88. The van der Waals surface area contributed by atoms with Gasteiger partial charge in [-0.15, -0.1) is 12.8 Å². The molecule has 0 spiro atoms. The van der Waals surface area contributed by atoms with E-state index in [4.69, 9.17) is 5.73 Å². The topological polar surface area (TPSA) is 71.6 Å². The van der Waals surface area contributed by atoms with Crippen LogP contribution in [0.2, 0.25) is 0 Å². The van der Waals surface area contributed by atoms with E-state index in [9.17, 15) is 9.59 Å². The van der Waals surface area contributed by atoms with E-state index in [0.29, 0.717) is 5.56 Å². The number of terminal acetylenes is 1. The van der Waals surface area contributed by atoms with Crippen LogP contribution in [-0.4, -0.2) is 58.7 Å². The number of aromatic nitrogens is 1. The van der Waals surface area contributed by atoms with Crippen LogP contribution < -0.4 is 11.3 Å². The van der Waals surface area contributed by atoms with Gasteiger partial charge in [-0.25, -0.2) is 0 Å². The molecule has 1 unspecified atom stereocenters. The van der Waals surface area contributed by atoms with Crippen LogP contribution >= 0.6 is 11.9 Å². The van der Waals surface area contributed by atoms with Crippen molar-refractivity contribution >= 4 is 28.8 Å². The molecule has 1 amide bonds. The molecule has 0 aliphatic carbocycles. The molecular formula is C30H50N4O2S. The number of nitrogens with zero attached hydrogens (tertiary/aromatic N) is 3. The predicted octanol–water partition coefficient (Wildman–Crippen LogP) is 5.74. The largest absolute Gasteiger partial charge is 0.369 e. The van der Waals surface area contributed by atoms with Crippen molar-refractivity contribution in [3.63, 3.8) is 0 Å². The van der Waals surface area contributed by atoms with Crippen LogP contribution in [0.15, 0.2) is 35.1 Å². The highest BCUT2D eigenvalue weighted by atomic mass is 32.2. The highest BCUT2D eigenvalue weighted by molar-refractivity contribution is 7.96. The first kappa shape index (κ1) is 34.7. The fraction of sp³-hybridized carbons (Fsp3) is 0.600. The molecular weight excluding hydrogens is 480 g/mol. The number of carbonyl (C=O) groups excluding carboxylic acids is 1. The molecule has 0 fully saturated rings. The SMILES string of the molecule is C#C.CC(C)n1c(=O)c(CC(N)=O)cc2ccccc21.CCCCC(C)N(CCC)CCCN(C)SC. The maximum atomic E-state index is 12.3. The van der Waals surface area contributed by atoms with Crippen LogP contribution in [0.5, 0.6) is 0 Å². The third-order valence-corrected chi connectivity index (χ3v) is 7.05. The van der Waals surface area contributed by atoms with Crippen molar-refractivity contribution in [2.24, 2.45) is 5.73 Å². The van der Waals surface area contributed by atoms with E-state index >= 15 is 0 Å². The van der Waals surface area contributed by atoms with Gasteiger partial charge in [0.25, 0.3) is 5.56 Å². The van der Waals surface area contributed by atoms with Gasteiger partial charge in [0, 0.05) is 24.2 Å². The van der Waals surface area contributed by atoms with Crippen LogP contribution in [0.1, 0.15) is 78.3 Å². The Balaban J connectivity index is 0.000000658. The molecule has 2 N–H and O–H groups in total. The molecule has 0 saturated carbocycles. The summed E-state index contributed by atoms with van der Waals surface area (Å²) in [6.07, 6.45) is 16.7. The number of nitrogens with two attached hydrogens (primary N) is 1. The van der Waals surface area contributed by atoms with E-state index in [-0.39, 0.29) is 18.0 Å². The van der Waals surface area contributed by atoms with Crippen LogP contribution in [-0.2, 0) is 11.2 Å². The smallest absolute Gasteiger partial charge is 0.254 e. The molecule has 1 aromatic carbocycles. The molecule has 1 aromatic heterocycles. The summed E-state index contributed by atoms with van der Waals surface area (Å²) >= 11 is 1.83. The fourth-order valence-electron chi connectivity index (χ4n) is 4.28. The minimum absolute atomic E-state index is 0.0175. The molecule has 0 saturated heterocycles. The van der Waals surface area contributed by atoms with E-state index in [1.165, 1.54) is 51.7 Å². The maximum Gasteiger partial charge on any atom is 0.254 e. The number of amides is 1. The van der Waals surface area contributed by atoms with Crippen molar-refractivity contribution in [1.29, 1.82) is 0 Å². The number of fused-ring (bicyclic) bond motifs is 1. The second-order valence-electron chi connectivity index (χ2n) is 9.56. The second-order valence-corrected chi connectivity index (χ2v) is 10.5. The summed E-state index contributed by atoms with van der Waals surface area (Å²) in [6.45, 7) is 14.6. The van der Waals surface area contributed by atoms with Gasteiger partial charge in [0.1, 0.15) is 0 Å². The fourth-order valence-corrected chi connectivity index (χ4v) is 4.59. The Morgan fingerprint density at radius 2 is 1.70 bits per heavy atom. The van der Waals surface area contributed by atoms with Crippen molar-refractivity contribution in [1.82, 2.24) is 13.8 Å². The minimum Gasteiger partial charge on any atom is -0.369 e. The van der Waals surface area contributed by atoms with Gasteiger partial charge in [0.05, 0.1) is 11.9 Å². The molecule has 37 heavy (non-hydrogen) atoms. The zero-order valence-electron chi connectivity index (χ0n) is 24.2. The van der Waals surface area contributed by atoms with Gasteiger partial charge in [-0.05, 0) is 83.9 Å². The van der Waals surface area contributed by atoms with Crippen molar-refractivity contribution in [2.45, 2.75) is 85.2 Å². The number of rotatable bonds is 14. The Hall–Kier alpha value is -2.27. The summed E-state index contributed by atoms with van der Waals surface area (Å²) < 4.78 is 4.02. The van der Waals surface area contributed by atoms with E-state index in [1.807, 2.05) is 50.1 Å². The lowest BCUT2D eigenvalue weighted by atomic mass is 10.1. The van der Waals surface area contributed by atoms with Gasteiger partial charge in [0.2, 0.25) is 5.91 Å². The number of primary amides is 1. The summed E-state index contributed by atoms with van der Waals surface area (Å²) in [4.78, 5) is 26.0. The summed E-state index contributed by atoms with van der Waals surface area (Å²) in [6, 6.07) is 10.2. The normalized spacial score (nSPS) is 11.7. The molecule has 1 heterocycles. The summed E-state index contributed by atoms with van der Waals surface area (Å²) in [5, 5.41) is 0.946. The number of hydrogen-bond donors (Lipinski definition) is 1. The first-order chi connectivity index (χ1) is 17.7. The van der Waals surface area contributed by atoms with Gasteiger partial charge >= 0.3 is 0 Å². The standard InChI is InChI=1S/C14H16N2O2.C14H32N2S.C2H2/c1-9(2)16-12-6-4-3-5-10(12)7-11(14(16)18)8-13(15)17;1-6-8-10-14(3)16(11-7-2)13-9-12-15(4)17-5;1-2/h3-7,9H,8H2,1-2H3,(H2,15,17);14H,6-13H2,1-5H3;1-2H. The zero-order valence-corrected chi connectivity index (χ0v) is 25.0. The van der Waals surface area contributed by atoms with Gasteiger partial charge in [-0.3, -0.25) is 13.9 Å². The lowest BCUT2D eigenvalue weighted by molar-refractivity contribution is -0.117. The number of pyridine rings is 1. The first-order valence-corrected chi connectivity index (χ1v) is 14.6. The highest BCUT2D eigenvalue weighted by Crippen LogP contribution is 2.17. The number of benzene rings is 1. The van der Waals surface area contributed by atoms with Crippen LogP contribution in [0.3, 0.4) is 0 Å². The van der Waals surface area contributed by atoms with Gasteiger partial charge in [-0.2, -0.15) is 0 Å². The zero-order chi connectivity index (χ0) is 28.4. The molecule has 0 aliphatic rings. The molecule has 2 rings (SSSR count). The Morgan fingerprint density at radius 3 is 2.24 bits per heavy atom. The van der Waals surface area contributed by atoms with Crippen LogP contribution in [0.4, 0.5) is 0 Å². The van der Waals surface area contributed by atoms with Crippen molar-refractivity contribution < 1.29 is 4.79 Å². The Morgan fingerprint density at radius 1 is 1.05 bits per heavy atom. The van der Waals surface area contributed by atoms with Gasteiger partial charge in [0.15, 0.2) is 0 Å². The molecule has 2 aromatic rings. The lowest BCUT2D eigenvalue weighted by Gasteiger charge is -2.29. The monoisotopic (exact) mass is 530 g/mol. The Bertz CT molecular complexity index is 986. The van der Waals surface area contributed by atoms with Crippen molar-refractivity contribution in [3.05, 3.63) is 46.2 Å². The number of unbranched alkanes of at least 4 members (excludes halogenated alkanes) is 1. The predicted molar refractivity (Wildman–Crippen MR) is 163 cm³/mol. The summed E-state index contributed by atoms with van der Waals surface area (Å²) in [5.41, 5.74) is 6.37. The van der Waals surface area contributed by atoms with Crippen molar-refractivity contribution in [3.8, 4) is 12.8 Å². The first-order valence-electron chi connectivity index (χ1n) is 13.4. The number of hydrogen-bond acceptors (Lipinski definition) is 5. The average molecular weight is 531 g/mol. The molecule has 1 atom stereocenters. The summed E-state index contributed by atoms with van der Waals surface area (Å²) in [5.74, 6) is -0.488. The Labute approximate surface area is 230 Å². The molecule has 0 bridgehead atoms. The molecule has 7 heteroatoms. The van der Waals surface area contributed by atoms with Gasteiger partial charge < -0.3 is 15.2 Å². The molecule has 0 aliphatic heterocycles. The van der Waals surface area contributed by atoms with E-state index in [2.05, 4.69) is 56.1 Å². The van der Waals surface area contributed by atoms with Crippen molar-refractivity contribution in [2.75, 3.05) is 32.9 Å². The molecule has 0 radical (unpaired) electrons. The molecule has 6 nitrogen and oxygen atoms in total. The Kier molecular flexibility index (Phi) is 18.6. The quantitative estimate of drug-likeness (QED) is 0.249. The molecule has 208 valence electrons. The summed E-state index contributed by atoms with van der Waals surface area (Å²) in [7, 11) is 2.18. The number of para-hydroxylation sites is 1. The number of carbonyl (C=O) groups is 1.